The van der Waals surface area contributed by atoms with E-state index in [4.69, 9.17) is 9.84 Å². The van der Waals surface area contributed by atoms with E-state index < -0.39 is 0 Å². The number of methoxy groups -OCH3 is 1. The first-order valence-electron chi connectivity index (χ1n) is 5.03. The molecule has 4 heteroatoms. The monoisotopic (exact) mass is 210 g/mol. The van der Waals surface area contributed by atoms with Gasteiger partial charge in [0.2, 0.25) is 0 Å². The molecule has 0 unspecified atom stereocenters. The molecule has 0 saturated heterocycles. The molecule has 1 N–H and O–H groups in total. The third kappa shape index (κ3) is 3.85. The molecule has 4 nitrogen and oxygen atoms in total. The molecule has 15 heavy (non-hydrogen) atoms. The van der Waals surface area contributed by atoms with Crippen LogP contribution in [0.15, 0.2) is 18.3 Å². The zero-order chi connectivity index (χ0) is 11.1. The minimum absolute atomic E-state index is 0.0141. The summed E-state index contributed by atoms with van der Waals surface area (Å²) in [7, 11) is 3.72. The van der Waals surface area contributed by atoms with Gasteiger partial charge in [0.1, 0.15) is 0 Å². The van der Waals surface area contributed by atoms with Crippen LogP contribution in [0.5, 0.6) is 0 Å². The number of pyridine rings is 1. The van der Waals surface area contributed by atoms with Crippen molar-refractivity contribution >= 4 is 5.69 Å². The highest BCUT2D eigenvalue weighted by atomic mass is 16.5. The number of anilines is 1. The molecule has 0 bridgehead atoms. The van der Waals surface area contributed by atoms with E-state index in [-0.39, 0.29) is 6.61 Å². The predicted molar refractivity (Wildman–Crippen MR) is 59.9 cm³/mol. The van der Waals surface area contributed by atoms with Crippen LogP contribution in [-0.4, -0.2) is 37.4 Å². The van der Waals surface area contributed by atoms with Gasteiger partial charge in [-0.15, -0.1) is 0 Å². The minimum Gasteiger partial charge on any atom is -0.390 e. The Morgan fingerprint density at radius 1 is 1.53 bits per heavy atom. The quantitative estimate of drug-likeness (QED) is 0.713. The number of rotatable bonds is 6. The highest BCUT2D eigenvalue weighted by Gasteiger charge is 2.01. The Labute approximate surface area is 90.5 Å². The van der Waals surface area contributed by atoms with Gasteiger partial charge in [0.15, 0.2) is 0 Å². The van der Waals surface area contributed by atoms with Crippen LogP contribution >= 0.6 is 0 Å². The van der Waals surface area contributed by atoms with Crippen LogP contribution in [0.4, 0.5) is 5.69 Å². The maximum atomic E-state index is 8.96. The molecule has 1 heterocycles. The Hall–Kier alpha value is -1.13. The second kappa shape index (κ2) is 6.37. The highest BCUT2D eigenvalue weighted by molar-refractivity contribution is 5.45. The van der Waals surface area contributed by atoms with E-state index in [9.17, 15) is 0 Å². The molecule has 0 aliphatic carbocycles. The highest BCUT2D eigenvalue weighted by Crippen LogP contribution is 2.12. The lowest BCUT2D eigenvalue weighted by Gasteiger charge is -2.19. The van der Waals surface area contributed by atoms with Crippen LogP contribution in [0.1, 0.15) is 12.1 Å². The van der Waals surface area contributed by atoms with Crippen LogP contribution in [0.3, 0.4) is 0 Å². The maximum Gasteiger partial charge on any atom is 0.0853 e. The number of aliphatic hydroxyl groups excluding tert-OH is 1. The lowest BCUT2D eigenvalue weighted by atomic mass is 10.3. The van der Waals surface area contributed by atoms with Crippen molar-refractivity contribution in [2.75, 3.05) is 32.2 Å². The van der Waals surface area contributed by atoms with E-state index in [1.54, 1.807) is 13.3 Å². The lowest BCUT2D eigenvalue weighted by Crippen LogP contribution is -2.19. The fourth-order valence-electron chi connectivity index (χ4n) is 1.36. The van der Waals surface area contributed by atoms with Crippen molar-refractivity contribution in [2.24, 2.45) is 0 Å². The first-order valence-corrected chi connectivity index (χ1v) is 5.03. The lowest BCUT2D eigenvalue weighted by molar-refractivity contribution is 0.196. The van der Waals surface area contributed by atoms with E-state index >= 15 is 0 Å². The number of hydrogen-bond donors (Lipinski definition) is 1. The summed E-state index contributed by atoms with van der Waals surface area (Å²) in [6, 6.07) is 3.83. The third-order valence-electron chi connectivity index (χ3n) is 2.24. The van der Waals surface area contributed by atoms with Crippen molar-refractivity contribution in [3.8, 4) is 0 Å². The van der Waals surface area contributed by atoms with E-state index in [1.165, 1.54) is 0 Å². The topological polar surface area (TPSA) is 45.6 Å². The number of ether oxygens (including phenoxy) is 1. The molecule has 1 aromatic heterocycles. The first-order chi connectivity index (χ1) is 7.27. The molecule has 0 aromatic carbocycles. The Bertz CT molecular complexity index is 292. The van der Waals surface area contributed by atoms with Crippen molar-refractivity contribution in [2.45, 2.75) is 13.0 Å². The van der Waals surface area contributed by atoms with Gasteiger partial charge < -0.3 is 14.7 Å². The number of aliphatic hydroxyl groups is 1. The number of aromatic nitrogens is 1. The Kier molecular flexibility index (Phi) is 5.07. The van der Waals surface area contributed by atoms with Crippen molar-refractivity contribution < 1.29 is 9.84 Å². The Morgan fingerprint density at radius 3 is 3.00 bits per heavy atom. The summed E-state index contributed by atoms with van der Waals surface area (Å²) in [5.74, 6) is 0. The van der Waals surface area contributed by atoms with E-state index in [0.717, 1.165) is 25.3 Å². The summed E-state index contributed by atoms with van der Waals surface area (Å²) >= 11 is 0. The second-order valence-electron chi connectivity index (χ2n) is 3.43. The molecule has 0 saturated carbocycles. The summed E-state index contributed by atoms with van der Waals surface area (Å²) in [4.78, 5) is 6.16. The number of nitrogens with zero attached hydrogens (tertiary/aromatic N) is 2. The second-order valence-corrected chi connectivity index (χ2v) is 3.43. The fourth-order valence-corrected chi connectivity index (χ4v) is 1.36. The molecule has 0 radical (unpaired) electrons. The third-order valence-corrected chi connectivity index (χ3v) is 2.24. The van der Waals surface area contributed by atoms with Gasteiger partial charge >= 0.3 is 0 Å². The van der Waals surface area contributed by atoms with Crippen LogP contribution in [0.2, 0.25) is 0 Å². The van der Waals surface area contributed by atoms with Gasteiger partial charge in [-0.25, -0.2) is 0 Å². The summed E-state index contributed by atoms with van der Waals surface area (Å²) < 4.78 is 4.99. The van der Waals surface area contributed by atoms with E-state index in [2.05, 4.69) is 9.88 Å². The van der Waals surface area contributed by atoms with Crippen LogP contribution < -0.4 is 4.90 Å². The smallest absolute Gasteiger partial charge is 0.0853 e. The predicted octanol–water partition coefficient (Wildman–Crippen LogP) is 1.05. The average Bonchev–Trinajstić information content (AvgIpc) is 2.29. The van der Waals surface area contributed by atoms with Crippen molar-refractivity contribution in [3.63, 3.8) is 0 Å². The zero-order valence-corrected chi connectivity index (χ0v) is 9.31. The summed E-state index contributed by atoms with van der Waals surface area (Å²) in [6.07, 6.45) is 2.71. The maximum absolute atomic E-state index is 8.96. The summed E-state index contributed by atoms with van der Waals surface area (Å²) in [5, 5.41) is 8.96. The van der Waals surface area contributed by atoms with Crippen LogP contribution in [0, 0.1) is 0 Å². The van der Waals surface area contributed by atoms with Gasteiger partial charge in [-0.2, -0.15) is 0 Å². The van der Waals surface area contributed by atoms with Gasteiger partial charge in [-0.3, -0.25) is 4.98 Å². The summed E-state index contributed by atoms with van der Waals surface area (Å²) in [5.41, 5.74) is 1.77. The number of hydrogen-bond acceptors (Lipinski definition) is 4. The van der Waals surface area contributed by atoms with Gasteiger partial charge in [0.05, 0.1) is 12.3 Å². The average molecular weight is 210 g/mol. The fraction of sp³-hybridized carbons (Fsp3) is 0.545. The van der Waals surface area contributed by atoms with Crippen LogP contribution in [-0.2, 0) is 11.3 Å². The SMILES string of the molecule is COCCCN(C)c1ccnc(CO)c1. The van der Waals surface area contributed by atoms with Crippen molar-refractivity contribution in [1.29, 1.82) is 0 Å². The first kappa shape index (κ1) is 11.9. The van der Waals surface area contributed by atoms with E-state index in [0.29, 0.717) is 5.69 Å². The van der Waals surface area contributed by atoms with E-state index in [1.807, 2.05) is 19.2 Å². The molecule has 1 rings (SSSR count). The van der Waals surface area contributed by atoms with Gasteiger partial charge in [-0.1, -0.05) is 0 Å². The molecule has 0 aliphatic heterocycles. The largest absolute Gasteiger partial charge is 0.390 e. The van der Waals surface area contributed by atoms with Gasteiger partial charge in [-0.05, 0) is 18.6 Å². The molecule has 0 spiro atoms. The molecule has 1 aromatic rings. The zero-order valence-electron chi connectivity index (χ0n) is 9.31. The normalized spacial score (nSPS) is 10.3. The summed E-state index contributed by atoms with van der Waals surface area (Å²) in [6.45, 7) is 1.69. The van der Waals surface area contributed by atoms with Gasteiger partial charge in [0.25, 0.3) is 0 Å². The Balaban J connectivity index is 2.52. The molecule has 0 amide bonds. The molecule has 0 atom stereocenters. The molecule has 84 valence electrons. The molecular formula is C11H18N2O2. The standard InChI is InChI=1S/C11H18N2O2/c1-13(6-3-7-15-2)11-4-5-12-10(8-11)9-14/h4-5,8,14H,3,6-7,9H2,1-2H3. The molecular weight excluding hydrogens is 192 g/mol. The Morgan fingerprint density at radius 2 is 2.33 bits per heavy atom. The van der Waals surface area contributed by atoms with Crippen LogP contribution in [0.25, 0.3) is 0 Å². The molecule has 0 fully saturated rings. The van der Waals surface area contributed by atoms with Crippen molar-refractivity contribution in [3.05, 3.63) is 24.0 Å². The van der Waals surface area contributed by atoms with Gasteiger partial charge in [0, 0.05) is 39.2 Å². The minimum atomic E-state index is -0.0141. The molecule has 0 aliphatic rings. The van der Waals surface area contributed by atoms with Crippen molar-refractivity contribution in [1.82, 2.24) is 4.98 Å².